The lowest BCUT2D eigenvalue weighted by molar-refractivity contribution is 0.0999. The van der Waals surface area contributed by atoms with Crippen LogP contribution in [-0.2, 0) is 6.42 Å². The Balaban J connectivity index is 1.65. The maximum absolute atomic E-state index is 11.3. The first-order valence-corrected chi connectivity index (χ1v) is 8.36. The number of aryl methyl sites for hydroxylation is 1. The molecule has 0 saturated heterocycles. The highest BCUT2D eigenvalue weighted by molar-refractivity contribution is 5.94. The number of nitrogens with one attached hydrogen (secondary N) is 1. The van der Waals surface area contributed by atoms with Gasteiger partial charge in [0.15, 0.2) is 0 Å². The largest absolute Gasteiger partial charge is 0.382 e. The molecule has 1 fully saturated rings. The Morgan fingerprint density at radius 3 is 2.35 bits per heavy atom. The van der Waals surface area contributed by atoms with E-state index in [0.29, 0.717) is 11.6 Å². The molecule has 0 unspecified atom stereocenters. The van der Waals surface area contributed by atoms with Crippen LogP contribution in [0.15, 0.2) is 42.5 Å². The minimum Gasteiger partial charge on any atom is -0.382 e. The van der Waals surface area contributed by atoms with Crippen LogP contribution in [0.1, 0.15) is 52.7 Å². The summed E-state index contributed by atoms with van der Waals surface area (Å²) < 4.78 is 0. The van der Waals surface area contributed by atoms with E-state index in [9.17, 15) is 4.79 Å². The standard InChI is InChI=1S/C20H24N2O/c1-14-12-16(8-11-19(14)20(21)23)13-15-6-9-18(10-7-15)22-17-4-2-3-5-17/h6-12,17,22H,2-5,13H2,1H3,(H2,21,23). The van der Waals surface area contributed by atoms with E-state index in [2.05, 4.69) is 29.6 Å². The maximum atomic E-state index is 11.3. The molecule has 0 spiro atoms. The number of hydrogen-bond donors (Lipinski definition) is 2. The lowest BCUT2D eigenvalue weighted by Gasteiger charge is -2.14. The molecule has 3 rings (SSSR count). The maximum Gasteiger partial charge on any atom is 0.248 e. The summed E-state index contributed by atoms with van der Waals surface area (Å²) >= 11 is 0. The second-order valence-electron chi connectivity index (χ2n) is 6.51. The summed E-state index contributed by atoms with van der Waals surface area (Å²) in [5.41, 5.74) is 10.6. The first-order valence-electron chi connectivity index (χ1n) is 8.36. The van der Waals surface area contributed by atoms with Crippen molar-refractivity contribution in [3.05, 3.63) is 64.7 Å². The van der Waals surface area contributed by atoms with Crippen molar-refractivity contribution in [3.8, 4) is 0 Å². The van der Waals surface area contributed by atoms with Crippen LogP contribution in [0.25, 0.3) is 0 Å². The van der Waals surface area contributed by atoms with E-state index in [1.165, 1.54) is 42.5 Å². The smallest absolute Gasteiger partial charge is 0.248 e. The van der Waals surface area contributed by atoms with Gasteiger partial charge in [-0.05, 0) is 61.1 Å². The van der Waals surface area contributed by atoms with Gasteiger partial charge in [0, 0.05) is 17.3 Å². The van der Waals surface area contributed by atoms with Gasteiger partial charge >= 0.3 is 0 Å². The van der Waals surface area contributed by atoms with Gasteiger partial charge in [0.05, 0.1) is 0 Å². The summed E-state index contributed by atoms with van der Waals surface area (Å²) in [6.45, 7) is 1.93. The fourth-order valence-corrected chi connectivity index (χ4v) is 3.37. The van der Waals surface area contributed by atoms with Gasteiger partial charge in [-0.1, -0.05) is 37.1 Å². The summed E-state index contributed by atoms with van der Waals surface area (Å²) in [6.07, 6.45) is 6.12. The molecule has 3 N–H and O–H groups in total. The van der Waals surface area contributed by atoms with Crippen molar-refractivity contribution >= 4 is 11.6 Å². The second-order valence-corrected chi connectivity index (χ2v) is 6.51. The first kappa shape index (κ1) is 15.6. The van der Waals surface area contributed by atoms with Crippen LogP contribution in [0.2, 0.25) is 0 Å². The lowest BCUT2D eigenvalue weighted by atomic mass is 9.99. The van der Waals surface area contributed by atoms with Gasteiger partial charge in [-0.25, -0.2) is 0 Å². The molecule has 0 aliphatic heterocycles. The van der Waals surface area contributed by atoms with Crippen LogP contribution < -0.4 is 11.1 Å². The Hall–Kier alpha value is -2.29. The Labute approximate surface area is 137 Å². The van der Waals surface area contributed by atoms with Gasteiger partial charge in [0.1, 0.15) is 0 Å². The summed E-state index contributed by atoms with van der Waals surface area (Å²) in [7, 11) is 0. The Bertz CT molecular complexity index is 685. The molecule has 3 nitrogen and oxygen atoms in total. The second kappa shape index (κ2) is 6.86. The highest BCUT2D eigenvalue weighted by Gasteiger charge is 2.14. The van der Waals surface area contributed by atoms with E-state index in [1.807, 2.05) is 25.1 Å². The lowest BCUT2D eigenvalue weighted by Crippen LogP contribution is -2.14. The topological polar surface area (TPSA) is 55.1 Å². The molecular weight excluding hydrogens is 284 g/mol. The zero-order valence-electron chi connectivity index (χ0n) is 13.6. The number of rotatable bonds is 5. The normalized spacial score (nSPS) is 14.8. The third-order valence-corrected chi connectivity index (χ3v) is 4.64. The monoisotopic (exact) mass is 308 g/mol. The predicted octanol–water partition coefficient (Wildman–Crippen LogP) is 4.04. The molecule has 1 saturated carbocycles. The zero-order chi connectivity index (χ0) is 16.2. The molecule has 0 atom stereocenters. The number of hydrogen-bond acceptors (Lipinski definition) is 2. The summed E-state index contributed by atoms with van der Waals surface area (Å²) in [5.74, 6) is -0.364. The summed E-state index contributed by atoms with van der Waals surface area (Å²) in [4.78, 5) is 11.3. The SMILES string of the molecule is Cc1cc(Cc2ccc(NC3CCCC3)cc2)ccc1C(N)=O. The molecule has 1 aliphatic rings. The number of carbonyl (C=O) groups excluding carboxylic acids is 1. The van der Waals surface area contributed by atoms with Crippen LogP contribution in [-0.4, -0.2) is 11.9 Å². The van der Waals surface area contributed by atoms with Crippen LogP contribution in [0.4, 0.5) is 5.69 Å². The van der Waals surface area contributed by atoms with Gasteiger partial charge in [0.25, 0.3) is 0 Å². The minimum atomic E-state index is -0.364. The van der Waals surface area contributed by atoms with E-state index in [-0.39, 0.29) is 5.91 Å². The highest BCUT2D eigenvalue weighted by Crippen LogP contribution is 2.23. The van der Waals surface area contributed by atoms with E-state index in [0.717, 1.165) is 12.0 Å². The number of benzene rings is 2. The quantitative estimate of drug-likeness (QED) is 0.876. The van der Waals surface area contributed by atoms with Crippen molar-refractivity contribution in [2.24, 2.45) is 5.73 Å². The molecular formula is C20H24N2O. The molecule has 0 bridgehead atoms. The third kappa shape index (κ3) is 3.92. The number of carbonyl (C=O) groups is 1. The molecule has 120 valence electrons. The van der Waals surface area contributed by atoms with Crippen LogP contribution >= 0.6 is 0 Å². The van der Waals surface area contributed by atoms with Crippen molar-refractivity contribution < 1.29 is 4.79 Å². The minimum absolute atomic E-state index is 0.364. The first-order chi connectivity index (χ1) is 11.1. The van der Waals surface area contributed by atoms with Gasteiger partial charge in [-0.15, -0.1) is 0 Å². The van der Waals surface area contributed by atoms with E-state index in [1.54, 1.807) is 0 Å². The molecule has 2 aromatic carbocycles. The predicted molar refractivity (Wildman–Crippen MR) is 94.8 cm³/mol. The van der Waals surface area contributed by atoms with Crippen molar-refractivity contribution in [1.29, 1.82) is 0 Å². The highest BCUT2D eigenvalue weighted by atomic mass is 16.1. The zero-order valence-corrected chi connectivity index (χ0v) is 13.6. The molecule has 0 radical (unpaired) electrons. The van der Waals surface area contributed by atoms with Gasteiger partial charge < -0.3 is 11.1 Å². The fourth-order valence-electron chi connectivity index (χ4n) is 3.37. The van der Waals surface area contributed by atoms with Crippen molar-refractivity contribution in [2.75, 3.05) is 5.32 Å². The Morgan fingerprint density at radius 1 is 1.09 bits per heavy atom. The van der Waals surface area contributed by atoms with Gasteiger partial charge in [-0.3, -0.25) is 4.79 Å². The average molecular weight is 308 g/mol. The third-order valence-electron chi connectivity index (χ3n) is 4.64. The Morgan fingerprint density at radius 2 is 1.74 bits per heavy atom. The number of primary amides is 1. The molecule has 0 heterocycles. The van der Waals surface area contributed by atoms with Gasteiger partial charge in [-0.2, -0.15) is 0 Å². The van der Waals surface area contributed by atoms with Crippen LogP contribution in [0.5, 0.6) is 0 Å². The number of anilines is 1. The summed E-state index contributed by atoms with van der Waals surface area (Å²) in [5, 5.41) is 3.61. The van der Waals surface area contributed by atoms with Crippen LogP contribution in [0.3, 0.4) is 0 Å². The van der Waals surface area contributed by atoms with Gasteiger partial charge in [0.2, 0.25) is 5.91 Å². The van der Waals surface area contributed by atoms with E-state index >= 15 is 0 Å². The molecule has 1 aliphatic carbocycles. The van der Waals surface area contributed by atoms with E-state index < -0.39 is 0 Å². The molecule has 2 aromatic rings. The number of nitrogens with two attached hydrogens (primary N) is 1. The van der Waals surface area contributed by atoms with Crippen molar-refractivity contribution in [1.82, 2.24) is 0 Å². The Kier molecular flexibility index (Phi) is 4.65. The van der Waals surface area contributed by atoms with Crippen LogP contribution in [0, 0.1) is 6.92 Å². The van der Waals surface area contributed by atoms with Crippen molar-refractivity contribution in [2.45, 2.75) is 45.1 Å². The molecule has 0 aromatic heterocycles. The van der Waals surface area contributed by atoms with E-state index in [4.69, 9.17) is 5.73 Å². The average Bonchev–Trinajstić information content (AvgIpc) is 3.02. The number of amides is 1. The fraction of sp³-hybridized carbons (Fsp3) is 0.350. The molecule has 1 amide bonds. The summed E-state index contributed by atoms with van der Waals surface area (Å²) in [6, 6.07) is 15.2. The van der Waals surface area contributed by atoms with Crippen molar-refractivity contribution in [3.63, 3.8) is 0 Å². The molecule has 3 heteroatoms. The molecule has 23 heavy (non-hydrogen) atoms.